The van der Waals surface area contributed by atoms with Crippen LogP contribution >= 0.6 is 22.6 Å². The zero-order chi connectivity index (χ0) is 14.7. The van der Waals surface area contributed by atoms with E-state index in [1.165, 1.54) is 18.2 Å². The summed E-state index contributed by atoms with van der Waals surface area (Å²) in [5.74, 6) is -1.32. The second-order valence-corrected chi connectivity index (χ2v) is 5.06. The highest BCUT2D eigenvalue weighted by Gasteiger charge is 2.20. The van der Waals surface area contributed by atoms with E-state index in [0.29, 0.717) is 5.69 Å². The minimum Gasteiger partial charge on any atom is -0.477 e. The smallest absolute Gasteiger partial charge is 0.342 e. The predicted octanol–water partition coefficient (Wildman–Crippen LogP) is 3.64. The Morgan fingerprint density at radius 2 is 1.95 bits per heavy atom. The van der Waals surface area contributed by atoms with Gasteiger partial charge in [0.1, 0.15) is 5.56 Å². The van der Waals surface area contributed by atoms with Crippen molar-refractivity contribution >= 4 is 45.6 Å². The molecule has 0 spiro atoms. The van der Waals surface area contributed by atoms with Crippen molar-refractivity contribution in [2.75, 3.05) is 5.32 Å². The third kappa shape index (κ3) is 3.05. The number of para-hydroxylation sites is 1. The predicted molar refractivity (Wildman–Crippen MR) is 82.5 cm³/mol. The molecule has 0 saturated carbocycles. The van der Waals surface area contributed by atoms with Crippen LogP contribution in [0.25, 0.3) is 0 Å². The fraction of sp³-hybridized carbons (Fsp3) is 0. The lowest BCUT2D eigenvalue weighted by Gasteiger charge is -2.09. The largest absolute Gasteiger partial charge is 0.477 e. The number of benzene rings is 2. The van der Waals surface area contributed by atoms with Crippen molar-refractivity contribution in [3.05, 3.63) is 61.7 Å². The topological polar surface area (TPSA) is 92.5 Å². The third-order valence-corrected chi connectivity index (χ3v) is 3.52. The van der Waals surface area contributed by atoms with Crippen LogP contribution in [-0.2, 0) is 0 Å². The maximum atomic E-state index is 10.9. The molecule has 0 saturated heterocycles. The van der Waals surface area contributed by atoms with Crippen LogP contribution in [0.4, 0.5) is 17.1 Å². The summed E-state index contributed by atoms with van der Waals surface area (Å²) < 4.78 is 0.954. The van der Waals surface area contributed by atoms with Crippen LogP contribution in [0.1, 0.15) is 10.4 Å². The summed E-state index contributed by atoms with van der Waals surface area (Å²) in [4.78, 5) is 21.1. The van der Waals surface area contributed by atoms with Crippen molar-refractivity contribution in [2.24, 2.45) is 0 Å². The van der Waals surface area contributed by atoms with Gasteiger partial charge in [-0.25, -0.2) is 4.79 Å². The number of carbonyl (C=O) groups is 1. The van der Waals surface area contributed by atoms with E-state index >= 15 is 0 Å². The number of aromatic carboxylic acids is 1. The molecule has 2 rings (SSSR count). The van der Waals surface area contributed by atoms with Crippen molar-refractivity contribution < 1.29 is 14.8 Å². The first kappa shape index (κ1) is 14.3. The second kappa shape index (κ2) is 5.87. The van der Waals surface area contributed by atoms with Crippen LogP contribution in [-0.4, -0.2) is 16.0 Å². The molecule has 0 aromatic heterocycles. The number of rotatable bonds is 4. The Bertz CT molecular complexity index is 688. The average molecular weight is 384 g/mol. The molecule has 20 heavy (non-hydrogen) atoms. The summed E-state index contributed by atoms with van der Waals surface area (Å²) >= 11 is 2.14. The van der Waals surface area contributed by atoms with Crippen molar-refractivity contribution in [1.29, 1.82) is 0 Å². The molecule has 0 amide bonds. The van der Waals surface area contributed by atoms with Crippen LogP contribution in [0.3, 0.4) is 0 Å². The summed E-state index contributed by atoms with van der Waals surface area (Å²) in [5.41, 5.74) is 0.494. The maximum absolute atomic E-state index is 10.9. The van der Waals surface area contributed by atoms with Crippen molar-refractivity contribution in [1.82, 2.24) is 0 Å². The lowest BCUT2D eigenvalue weighted by Crippen LogP contribution is -2.03. The van der Waals surface area contributed by atoms with Crippen LogP contribution in [0.15, 0.2) is 42.5 Å². The number of nitro benzene ring substituents is 1. The standard InChI is InChI=1S/C13H9IN2O4/c14-10-3-1-2-4-11(10)15-8-5-6-9(13(17)18)12(7-8)16(19)20/h1-7,15H,(H,17,18). The number of nitro groups is 1. The molecule has 2 aromatic carbocycles. The maximum Gasteiger partial charge on any atom is 0.342 e. The van der Waals surface area contributed by atoms with Crippen LogP contribution in [0.2, 0.25) is 0 Å². The molecule has 2 N–H and O–H groups in total. The highest BCUT2D eigenvalue weighted by atomic mass is 127. The van der Waals surface area contributed by atoms with E-state index in [2.05, 4.69) is 27.9 Å². The number of nitrogens with zero attached hydrogens (tertiary/aromatic N) is 1. The number of hydrogen-bond donors (Lipinski definition) is 2. The zero-order valence-electron chi connectivity index (χ0n) is 10.0. The Morgan fingerprint density at radius 1 is 1.25 bits per heavy atom. The van der Waals surface area contributed by atoms with Crippen molar-refractivity contribution in [2.45, 2.75) is 0 Å². The van der Waals surface area contributed by atoms with Gasteiger partial charge in [-0.2, -0.15) is 0 Å². The van der Waals surface area contributed by atoms with Gasteiger partial charge in [-0.15, -0.1) is 0 Å². The lowest BCUT2D eigenvalue weighted by molar-refractivity contribution is -0.385. The van der Waals surface area contributed by atoms with Gasteiger partial charge in [-0.05, 0) is 46.9 Å². The molecule has 0 aliphatic carbocycles. The van der Waals surface area contributed by atoms with Crippen LogP contribution < -0.4 is 5.32 Å². The highest BCUT2D eigenvalue weighted by molar-refractivity contribution is 14.1. The van der Waals surface area contributed by atoms with E-state index in [1.54, 1.807) is 0 Å². The summed E-state index contributed by atoms with van der Waals surface area (Å²) in [6, 6.07) is 11.4. The molecule has 102 valence electrons. The minimum atomic E-state index is -1.32. The molecule has 6 nitrogen and oxygen atoms in total. The first-order valence-corrected chi connectivity index (χ1v) is 6.60. The molecule has 0 radical (unpaired) electrons. The van der Waals surface area contributed by atoms with Gasteiger partial charge >= 0.3 is 5.97 Å². The Labute approximate surface area is 127 Å². The molecular formula is C13H9IN2O4. The van der Waals surface area contributed by atoms with Gasteiger partial charge in [-0.1, -0.05) is 12.1 Å². The quantitative estimate of drug-likeness (QED) is 0.477. The second-order valence-electron chi connectivity index (χ2n) is 3.90. The molecule has 0 aliphatic heterocycles. The van der Waals surface area contributed by atoms with Crippen molar-refractivity contribution in [3.63, 3.8) is 0 Å². The first-order chi connectivity index (χ1) is 9.49. The average Bonchev–Trinajstić information content (AvgIpc) is 2.41. The molecule has 0 bridgehead atoms. The van der Waals surface area contributed by atoms with E-state index in [9.17, 15) is 14.9 Å². The Morgan fingerprint density at radius 3 is 2.55 bits per heavy atom. The SMILES string of the molecule is O=C(O)c1ccc(Nc2ccccc2I)cc1[N+](=O)[O-]. The van der Waals surface area contributed by atoms with Gasteiger partial charge in [0.25, 0.3) is 5.69 Å². The lowest BCUT2D eigenvalue weighted by atomic mass is 10.1. The monoisotopic (exact) mass is 384 g/mol. The van der Waals surface area contributed by atoms with E-state index < -0.39 is 16.6 Å². The van der Waals surface area contributed by atoms with Gasteiger partial charge < -0.3 is 10.4 Å². The number of carboxylic acid groups (broad SMARTS) is 1. The molecule has 0 atom stereocenters. The number of hydrogen-bond acceptors (Lipinski definition) is 4. The van der Waals surface area contributed by atoms with Gasteiger partial charge in [0.05, 0.1) is 10.6 Å². The highest BCUT2D eigenvalue weighted by Crippen LogP contribution is 2.27. The van der Waals surface area contributed by atoms with E-state index in [0.717, 1.165) is 9.26 Å². The number of anilines is 2. The summed E-state index contributed by atoms with van der Waals surface area (Å²) in [7, 11) is 0. The fourth-order valence-corrected chi connectivity index (χ4v) is 2.18. The summed E-state index contributed by atoms with van der Waals surface area (Å²) in [6.45, 7) is 0. The van der Waals surface area contributed by atoms with Gasteiger partial charge in [-0.3, -0.25) is 10.1 Å². The van der Waals surface area contributed by atoms with Gasteiger partial charge in [0.2, 0.25) is 0 Å². The molecule has 0 fully saturated rings. The zero-order valence-corrected chi connectivity index (χ0v) is 12.2. The molecule has 7 heteroatoms. The normalized spacial score (nSPS) is 10.1. The van der Waals surface area contributed by atoms with Gasteiger partial charge in [0, 0.05) is 15.3 Å². The van der Waals surface area contributed by atoms with Gasteiger partial charge in [0.15, 0.2) is 0 Å². The number of halogens is 1. The van der Waals surface area contributed by atoms with E-state index in [1.807, 2.05) is 24.3 Å². The van der Waals surface area contributed by atoms with Crippen LogP contribution in [0.5, 0.6) is 0 Å². The van der Waals surface area contributed by atoms with Crippen molar-refractivity contribution in [3.8, 4) is 0 Å². The number of nitrogens with one attached hydrogen (secondary N) is 1. The molecule has 0 heterocycles. The first-order valence-electron chi connectivity index (χ1n) is 5.52. The Balaban J connectivity index is 2.40. The summed E-state index contributed by atoms with van der Waals surface area (Å²) in [6.07, 6.45) is 0. The molecule has 2 aromatic rings. The van der Waals surface area contributed by atoms with E-state index in [-0.39, 0.29) is 5.56 Å². The molecule has 0 aliphatic rings. The van der Waals surface area contributed by atoms with E-state index in [4.69, 9.17) is 5.11 Å². The Hall–Kier alpha value is -2.16. The summed E-state index contributed by atoms with van der Waals surface area (Å²) in [5, 5.41) is 22.9. The Kier molecular flexibility index (Phi) is 4.18. The fourth-order valence-electron chi connectivity index (χ4n) is 1.66. The van der Waals surface area contributed by atoms with Crippen LogP contribution in [0, 0.1) is 13.7 Å². The number of carboxylic acids is 1. The molecular weight excluding hydrogens is 375 g/mol. The third-order valence-electron chi connectivity index (χ3n) is 2.58. The minimum absolute atomic E-state index is 0.330. The molecule has 0 unspecified atom stereocenters.